The molecule has 1 aliphatic heterocycles. The number of carbonyl (C=O) groups excluding carboxylic acids is 1. The summed E-state index contributed by atoms with van der Waals surface area (Å²) in [7, 11) is 0. The molecule has 15 heavy (non-hydrogen) atoms. The van der Waals surface area contributed by atoms with E-state index in [-0.39, 0.29) is 18.2 Å². The average Bonchev–Trinajstić information content (AvgIpc) is 2.66. The van der Waals surface area contributed by atoms with Crippen molar-refractivity contribution >= 4 is 11.9 Å². The minimum Gasteiger partial charge on any atom is -0.481 e. The molecule has 1 amide bonds. The second kappa shape index (κ2) is 5.70. The van der Waals surface area contributed by atoms with E-state index in [1.165, 1.54) is 0 Å². The first-order valence-electron chi connectivity index (χ1n) is 5.22. The molecule has 2 atom stereocenters. The van der Waals surface area contributed by atoms with Gasteiger partial charge < -0.3 is 15.2 Å². The lowest BCUT2D eigenvalue weighted by Crippen LogP contribution is -2.32. The number of carboxylic acid groups (broad SMARTS) is 1. The van der Waals surface area contributed by atoms with Crippen molar-refractivity contribution in [3.63, 3.8) is 0 Å². The van der Waals surface area contributed by atoms with Gasteiger partial charge in [-0.2, -0.15) is 0 Å². The van der Waals surface area contributed by atoms with Crippen LogP contribution in [0.2, 0.25) is 0 Å². The summed E-state index contributed by atoms with van der Waals surface area (Å²) in [5.74, 6) is -1.74. The van der Waals surface area contributed by atoms with Crippen molar-refractivity contribution in [3.8, 4) is 0 Å². The summed E-state index contributed by atoms with van der Waals surface area (Å²) in [6.07, 6.45) is 0.785. The molecule has 1 rings (SSSR count). The van der Waals surface area contributed by atoms with Crippen LogP contribution in [0.25, 0.3) is 0 Å². The Balaban J connectivity index is 2.50. The van der Waals surface area contributed by atoms with E-state index in [0.29, 0.717) is 19.8 Å². The lowest BCUT2D eigenvalue weighted by molar-refractivity contribution is -0.146. The number of amides is 1. The smallest absolute Gasteiger partial charge is 0.307 e. The molecule has 5 heteroatoms. The zero-order valence-electron chi connectivity index (χ0n) is 8.86. The van der Waals surface area contributed by atoms with Crippen LogP contribution < -0.4 is 5.32 Å². The van der Waals surface area contributed by atoms with Gasteiger partial charge in [-0.1, -0.05) is 0 Å². The molecule has 0 spiro atoms. The zero-order valence-corrected chi connectivity index (χ0v) is 8.86. The van der Waals surface area contributed by atoms with Gasteiger partial charge in [0, 0.05) is 19.6 Å². The summed E-state index contributed by atoms with van der Waals surface area (Å²) in [6, 6.07) is 0. The van der Waals surface area contributed by atoms with Crippen LogP contribution in [0.4, 0.5) is 0 Å². The van der Waals surface area contributed by atoms with Gasteiger partial charge in [-0.15, -0.1) is 0 Å². The Hall–Kier alpha value is -1.10. The monoisotopic (exact) mass is 215 g/mol. The van der Waals surface area contributed by atoms with Crippen molar-refractivity contribution in [2.24, 2.45) is 11.8 Å². The predicted octanol–water partition coefficient (Wildman–Crippen LogP) is 0.250. The van der Waals surface area contributed by atoms with E-state index in [0.717, 1.165) is 6.42 Å². The van der Waals surface area contributed by atoms with E-state index in [4.69, 9.17) is 9.84 Å². The van der Waals surface area contributed by atoms with Crippen LogP contribution in [-0.4, -0.2) is 36.7 Å². The maximum absolute atomic E-state index is 11.3. The van der Waals surface area contributed by atoms with Gasteiger partial charge in [-0.05, 0) is 19.3 Å². The molecule has 0 radical (unpaired) electrons. The van der Waals surface area contributed by atoms with Crippen LogP contribution in [0.15, 0.2) is 0 Å². The second-order valence-electron chi connectivity index (χ2n) is 3.73. The summed E-state index contributed by atoms with van der Waals surface area (Å²) < 4.78 is 5.13. The van der Waals surface area contributed by atoms with Crippen LogP contribution in [0.3, 0.4) is 0 Å². The number of rotatable bonds is 5. The Labute approximate surface area is 88.8 Å². The molecule has 2 N–H and O–H groups in total. The van der Waals surface area contributed by atoms with Crippen molar-refractivity contribution in [3.05, 3.63) is 0 Å². The van der Waals surface area contributed by atoms with Crippen molar-refractivity contribution in [2.45, 2.75) is 19.8 Å². The van der Waals surface area contributed by atoms with Crippen molar-refractivity contribution in [1.29, 1.82) is 0 Å². The molecule has 86 valence electrons. The first-order valence-corrected chi connectivity index (χ1v) is 5.22. The van der Waals surface area contributed by atoms with Crippen LogP contribution in [0, 0.1) is 11.8 Å². The van der Waals surface area contributed by atoms with Gasteiger partial charge in [0.25, 0.3) is 0 Å². The number of ether oxygens (including phenoxy) is 1. The molecule has 2 unspecified atom stereocenters. The first kappa shape index (κ1) is 12.0. The molecule has 0 saturated carbocycles. The maximum Gasteiger partial charge on any atom is 0.307 e. The average molecular weight is 215 g/mol. The maximum atomic E-state index is 11.3. The van der Waals surface area contributed by atoms with Gasteiger partial charge in [0.2, 0.25) is 5.91 Å². The molecule has 0 bridgehead atoms. The number of nitrogens with one attached hydrogen (secondary N) is 1. The van der Waals surface area contributed by atoms with E-state index >= 15 is 0 Å². The number of hydrogen-bond donors (Lipinski definition) is 2. The third-order valence-electron chi connectivity index (χ3n) is 2.63. The van der Waals surface area contributed by atoms with Gasteiger partial charge in [0.05, 0.1) is 12.5 Å². The lowest BCUT2D eigenvalue weighted by atomic mass is 9.88. The molecule has 1 aliphatic rings. The molecule has 0 aliphatic carbocycles. The van der Waals surface area contributed by atoms with Crippen LogP contribution in [0.5, 0.6) is 0 Å². The highest BCUT2D eigenvalue weighted by molar-refractivity contribution is 5.82. The van der Waals surface area contributed by atoms with Crippen LogP contribution in [-0.2, 0) is 14.3 Å². The number of aliphatic carboxylic acids is 1. The highest BCUT2D eigenvalue weighted by Gasteiger charge is 2.32. The summed E-state index contributed by atoms with van der Waals surface area (Å²) in [4.78, 5) is 22.3. The fraction of sp³-hybridized carbons (Fsp3) is 0.800. The topological polar surface area (TPSA) is 75.6 Å². The van der Waals surface area contributed by atoms with E-state index in [1.54, 1.807) is 0 Å². The first-order chi connectivity index (χ1) is 7.15. The lowest BCUT2D eigenvalue weighted by Gasteiger charge is -2.17. The second-order valence-corrected chi connectivity index (χ2v) is 3.73. The van der Waals surface area contributed by atoms with E-state index < -0.39 is 11.9 Å². The fourth-order valence-corrected chi connectivity index (χ4v) is 1.79. The Morgan fingerprint density at radius 2 is 2.33 bits per heavy atom. The molecular weight excluding hydrogens is 198 g/mol. The molecule has 1 heterocycles. The molecule has 0 aromatic heterocycles. The van der Waals surface area contributed by atoms with Gasteiger partial charge in [-0.25, -0.2) is 0 Å². The quantitative estimate of drug-likeness (QED) is 0.689. The van der Waals surface area contributed by atoms with Crippen molar-refractivity contribution in [2.75, 3.05) is 19.8 Å². The minimum absolute atomic E-state index is 0.0230. The molecule has 0 aromatic carbocycles. The summed E-state index contributed by atoms with van der Waals surface area (Å²) >= 11 is 0. The van der Waals surface area contributed by atoms with Gasteiger partial charge in [0.15, 0.2) is 0 Å². The molecule has 5 nitrogen and oxygen atoms in total. The highest BCUT2D eigenvalue weighted by atomic mass is 16.5. The molecular formula is C10H17NO4. The van der Waals surface area contributed by atoms with E-state index in [9.17, 15) is 9.59 Å². The Kier molecular flexibility index (Phi) is 4.55. The summed E-state index contributed by atoms with van der Waals surface area (Å²) in [5.41, 5.74) is 0. The standard InChI is InChI=1S/C10H17NO4/c1-2-11-9(12)5-8(10(13)14)7-3-4-15-6-7/h7-8H,2-6H2,1H3,(H,11,12)(H,13,14). The Morgan fingerprint density at radius 1 is 1.60 bits per heavy atom. The Morgan fingerprint density at radius 3 is 2.80 bits per heavy atom. The third kappa shape index (κ3) is 3.51. The van der Waals surface area contributed by atoms with Crippen LogP contribution >= 0.6 is 0 Å². The Bertz CT molecular complexity index is 236. The van der Waals surface area contributed by atoms with Gasteiger partial charge in [-0.3, -0.25) is 9.59 Å². The van der Waals surface area contributed by atoms with Gasteiger partial charge >= 0.3 is 5.97 Å². The number of hydrogen-bond acceptors (Lipinski definition) is 3. The van der Waals surface area contributed by atoms with Crippen LogP contribution in [0.1, 0.15) is 19.8 Å². The zero-order chi connectivity index (χ0) is 11.3. The van der Waals surface area contributed by atoms with Crippen molar-refractivity contribution < 1.29 is 19.4 Å². The van der Waals surface area contributed by atoms with E-state index in [2.05, 4.69) is 5.32 Å². The third-order valence-corrected chi connectivity index (χ3v) is 2.63. The SMILES string of the molecule is CCNC(=O)CC(C(=O)O)C1CCOC1. The summed E-state index contributed by atoms with van der Waals surface area (Å²) in [6.45, 7) is 3.40. The van der Waals surface area contributed by atoms with Gasteiger partial charge in [0.1, 0.15) is 0 Å². The fourth-order valence-electron chi connectivity index (χ4n) is 1.79. The largest absolute Gasteiger partial charge is 0.481 e. The predicted molar refractivity (Wildman–Crippen MR) is 53.4 cm³/mol. The minimum atomic E-state index is -0.906. The molecule has 0 aromatic rings. The normalized spacial score (nSPS) is 22.3. The number of carboxylic acids is 1. The van der Waals surface area contributed by atoms with E-state index in [1.807, 2.05) is 6.92 Å². The molecule has 1 fully saturated rings. The summed E-state index contributed by atoms with van der Waals surface area (Å²) in [5, 5.41) is 11.6. The van der Waals surface area contributed by atoms with Crippen molar-refractivity contribution in [1.82, 2.24) is 5.32 Å². The highest BCUT2D eigenvalue weighted by Crippen LogP contribution is 2.24. The molecule has 1 saturated heterocycles. The number of carbonyl (C=O) groups is 2.